The van der Waals surface area contributed by atoms with Gasteiger partial charge in [-0.2, -0.15) is 0 Å². The Bertz CT molecular complexity index is 707. The average Bonchev–Trinajstić information content (AvgIpc) is 2.97. The summed E-state index contributed by atoms with van der Waals surface area (Å²) in [7, 11) is 3.86. The molecule has 3 rings (SSSR count). The van der Waals surface area contributed by atoms with Crippen molar-refractivity contribution in [1.82, 2.24) is 14.9 Å². The minimum atomic E-state index is -0.544. The fraction of sp³-hybridized carbons (Fsp3) is 0.412. The SMILES string of the molecule is CN(C)c1cc(NC2CCN(Cc3ccc(F)cc3F)C2)ncn1. The molecule has 0 aliphatic carbocycles. The van der Waals surface area contributed by atoms with Gasteiger partial charge in [-0.15, -0.1) is 0 Å². The summed E-state index contributed by atoms with van der Waals surface area (Å²) in [5.41, 5.74) is 0.522. The zero-order chi connectivity index (χ0) is 17.1. The molecule has 5 nitrogen and oxygen atoms in total. The summed E-state index contributed by atoms with van der Waals surface area (Å²) in [5, 5.41) is 3.40. The van der Waals surface area contributed by atoms with Crippen molar-refractivity contribution >= 4 is 11.6 Å². The van der Waals surface area contributed by atoms with Crippen molar-refractivity contribution in [1.29, 1.82) is 0 Å². The van der Waals surface area contributed by atoms with E-state index in [-0.39, 0.29) is 6.04 Å². The molecular formula is C17H21F2N5. The predicted octanol–water partition coefficient (Wildman–Crippen LogP) is 2.51. The summed E-state index contributed by atoms with van der Waals surface area (Å²) >= 11 is 0. The van der Waals surface area contributed by atoms with Gasteiger partial charge in [-0.25, -0.2) is 18.7 Å². The van der Waals surface area contributed by atoms with E-state index in [0.29, 0.717) is 12.1 Å². The maximum absolute atomic E-state index is 13.8. The minimum absolute atomic E-state index is 0.249. The first-order chi connectivity index (χ1) is 11.5. The smallest absolute Gasteiger partial charge is 0.133 e. The van der Waals surface area contributed by atoms with Crippen LogP contribution in [0.5, 0.6) is 0 Å². The molecule has 1 aromatic heterocycles. The number of nitrogens with zero attached hydrogens (tertiary/aromatic N) is 4. The van der Waals surface area contributed by atoms with Gasteiger partial charge in [-0.1, -0.05) is 6.07 Å². The zero-order valence-electron chi connectivity index (χ0n) is 13.8. The van der Waals surface area contributed by atoms with Crippen LogP contribution >= 0.6 is 0 Å². The molecule has 2 heterocycles. The topological polar surface area (TPSA) is 44.3 Å². The van der Waals surface area contributed by atoms with E-state index in [1.54, 1.807) is 0 Å². The monoisotopic (exact) mass is 333 g/mol. The Labute approximate surface area is 140 Å². The quantitative estimate of drug-likeness (QED) is 0.911. The third-order valence-corrected chi connectivity index (χ3v) is 4.14. The van der Waals surface area contributed by atoms with Gasteiger partial charge < -0.3 is 10.2 Å². The number of hydrogen-bond acceptors (Lipinski definition) is 5. The third-order valence-electron chi connectivity index (χ3n) is 4.14. The van der Waals surface area contributed by atoms with Crippen LogP contribution in [0.15, 0.2) is 30.6 Å². The van der Waals surface area contributed by atoms with Crippen molar-refractivity contribution in [3.05, 3.63) is 47.8 Å². The van der Waals surface area contributed by atoms with Crippen molar-refractivity contribution in [3.8, 4) is 0 Å². The Morgan fingerprint density at radius 3 is 2.83 bits per heavy atom. The van der Waals surface area contributed by atoms with Gasteiger partial charge in [0.2, 0.25) is 0 Å². The van der Waals surface area contributed by atoms with Crippen molar-refractivity contribution in [2.24, 2.45) is 0 Å². The van der Waals surface area contributed by atoms with Gasteiger partial charge in [0.05, 0.1) is 0 Å². The van der Waals surface area contributed by atoms with Gasteiger partial charge in [-0.05, 0) is 12.5 Å². The van der Waals surface area contributed by atoms with Crippen LogP contribution in [0.2, 0.25) is 0 Å². The molecule has 1 N–H and O–H groups in total. The lowest BCUT2D eigenvalue weighted by molar-refractivity contribution is 0.322. The van der Waals surface area contributed by atoms with E-state index in [1.807, 2.05) is 25.1 Å². The molecule has 7 heteroatoms. The number of hydrogen-bond donors (Lipinski definition) is 1. The zero-order valence-corrected chi connectivity index (χ0v) is 13.8. The molecule has 1 aromatic carbocycles. The summed E-state index contributed by atoms with van der Waals surface area (Å²) in [5.74, 6) is 0.597. The van der Waals surface area contributed by atoms with E-state index in [9.17, 15) is 8.78 Å². The number of benzene rings is 1. The normalized spacial score (nSPS) is 17.9. The maximum atomic E-state index is 13.8. The van der Waals surface area contributed by atoms with Gasteiger partial charge in [0.1, 0.15) is 29.6 Å². The molecule has 1 saturated heterocycles. The number of aromatic nitrogens is 2. The largest absolute Gasteiger partial charge is 0.366 e. The van der Waals surface area contributed by atoms with Gasteiger partial charge >= 0.3 is 0 Å². The number of rotatable bonds is 5. The van der Waals surface area contributed by atoms with E-state index in [2.05, 4.69) is 20.2 Å². The van der Waals surface area contributed by atoms with Crippen molar-refractivity contribution in [3.63, 3.8) is 0 Å². The van der Waals surface area contributed by atoms with Gasteiger partial charge in [0.15, 0.2) is 0 Å². The van der Waals surface area contributed by atoms with Crippen LogP contribution in [0, 0.1) is 11.6 Å². The van der Waals surface area contributed by atoms with E-state index in [1.165, 1.54) is 18.5 Å². The number of anilines is 2. The second kappa shape index (κ2) is 7.09. The first-order valence-electron chi connectivity index (χ1n) is 7.93. The molecule has 1 aliphatic heterocycles. The standard InChI is InChI=1S/C17H21F2N5/c1-23(2)17-8-16(20-11-21-17)22-14-5-6-24(10-14)9-12-3-4-13(18)7-15(12)19/h3-4,7-8,11,14H,5-6,9-10H2,1-2H3,(H,20,21,22). The molecule has 1 unspecified atom stereocenters. The number of likely N-dealkylation sites (tertiary alicyclic amines) is 1. The van der Waals surface area contributed by atoms with Gasteiger partial charge in [0.25, 0.3) is 0 Å². The highest BCUT2D eigenvalue weighted by molar-refractivity contribution is 5.48. The van der Waals surface area contributed by atoms with Crippen LogP contribution in [-0.2, 0) is 6.54 Å². The lowest BCUT2D eigenvalue weighted by Gasteiger charge is -2.18. The lowest BCUT2D eigenvalue weighted by atomic mass is 10.2. The molecule has 0 spiro atoms. The van der Waals surface area contributed by atoms with Crippen LogP contribution in [0.4, 0.5) is 20.4 Å². The first-order valence-corrected chi connectivity index (χ1v) is 7.93. The van der Waals surface area contributed by atoms with Crippen LogP contribution < -0.4 is 10.2 Å². The van der Waals surface area contributed by atoms with Gasteiger partial charge in [-0.3, -0.25) is 4.90 Å². The van der Waals surface area contributed by atoms with E-state index in [0.717, 1.165) is 37.2 Å². The summed E-state index contributed by atoms with van der Waals surface area (Å²) in [6.07, 6.45) is 2.49. The molecule has 1 atom stereocenters. The Morgan fingerprint density at radius 1 is 1.25 bits per heavy atom. The Morgan fingerprint density at radius 2 is 2.08 bits per heavy atom. The molecular weight excluding hydrogens is 312 g/mol. The van der Waals surface area contributed by atoms with Crippen molar-refractivity contribution in [2.45, 2.75) is 19.0 Å². The highest BCUT2D eigenvalue weighted by Crippen LogP contribution is 2.20. The summed E-state index contributed by atoms with van der Waals surface area (Å²) < 4.78 is 26.7. The molecule has 0 radical (unpaired) electrons. The van der Waals surface area contributed by atoms with Gasteiger partial charge in [0, 0.05) is 57.5 Å². The Balaban J connectivity index is 1.58. The molecule has 0 saturated carbocycles. The van der Waals surface area contributed by atoms with Crippen molar-refractivity contribution < 1.29 is 8.78 Å². The first kappa shape index (κ1) is 16.6. The van der Waals surface area contributed by atoms with Crippen LogP contribution in [0.1, 0.15) is 12.0 Å². The molecule has 128 valence electrons. The summed E-state index contributed by atoms with van der Waals surface area (Å²) in [6.45, 7) is 2.13. The fourth-order valence-corrected chi connectivity index (χ4v) is 2.86. The highest BCUT2D eigenvalue weighted by Gasteiger charge is 2.23. The minimum Gasteiger partial charge on any atom is -0.366 e. The van der Waals surface area contributed by atoms with E-state index in [4.69, 9.17) is 0 Å². The molecule has 0 bridgehead atoms. The molecule has 1 aliphatic rings. The van der Waals surface area contributed by atoms with Crippen LogP contribution in [0.25, 0.3) is 0 Å². The summed E-state index contributed by atoms with van der Waals surface area (Å²) in [6, 6.07) is 5.90. The van der Waals surface area contributed by atoms with E-state index < -0.39 is 11.6 Å². The van der Waals surface area contributed by atoms with Crippen LogP contribution in [0.3, 0.4) is 0 Å². The lowest BCUT2D eigenvalue weighted by Crippen LogP contribution is -2.26. The Hall–Kier alpha value is -2.28. The van der Waals surface area contributed by atoms with E-state index >= 15 is 0 Å². The van der Waals surface area contributed by atoms with Crippen molar-refractivity contribution in [2.75, 3.05) is 37.4 Å². The molecule has 0 amide bonds. The maximum Gasteiger partial charge on any atom is 0.133 e. The predicted molar refractivity (Wildman–Crippen MR) is 90.0 cm³/mol. The van der Waals surface area contributed by atoms with Crippen LogP contribution in [-0.4, -0.2) is 48.1 Å². The number of nitrogens with one attached hydrogen (secondary N) is 1. The summed E-state index contributed by atoms with van der Waals surface area (Å²) in [4.78, 5) is 12.5. The molecule has 24 heavy (non-hydrogen) atoms. The highest BCUT2D eigenvalue weighted by atomic mass is 19.1. The molecule has 2 aromatic rings. The average molecular weight is 333 g/mol. The second-order valence-electron chi connectivity index (χ2n) is 6.26. The fourth-order valence-electron chi connectivity index (χ4n) is 2.86. The third kappa shape index (κ3) is 3.97. The molecule has 1 fully saturated rings. The Kier molecular flexibility index (Phi) is 4.89. The second-order valence-corrected chi connectivity index (χ2v) is 6.26. The number of halogens is 2.